The van der Waals surface area contributed by atoms with Gasteiger partial charge in [0.25, 0.3) is 0 Å². The van der Waals surface area contributed by atoms with Crippen molar-refractivity contribution in [2.75, 3.05) is 27.2 Å². The van der Waals surface area contributed by atoms with Gasteiger partial charge in [-0.3, -0.25) is 4.79 Å². The van der Waals surface area contributed by atoms with Crippen LogP contribution in [0.1, 0.15) is 24.0 Å². The Kier molecular flexibility index (Phi) is 7.99. The molecule has 0 aliphatic rings. The Morgan fingerprint density at radius 2 is 1.76 bits per heavy atom. The molecule has 0 aliphatic heterocycles. The van der Waals surface area contributed by atoms with Gasteiger partial charge < -0.3 is 15.0 Å². The SMILES string of the molecule is COc1ccc(CCC(=O)NCCCN(C)Cc2ccccc2)cc1. The molecule has 4 heteroatoms. The number of carbonyl (C=O) groups excluding carboxylic acids is 1. The fourth-order valence-corrected chi connectivity index (χ4v) is 2.69. The molecule has 2 rings (SSSR count). The topological polar surface area (TPSA) is 41.6 Å². The van der Waals surface area contributed by atoms with Gasteiger partial charge in [0.05, 0.1) is 7.11 Å². The van der Waals surface area contributed by atoms with Crippen LogP contribution in [0.25, 0.3) is 0 Å². The lowest BCUT2D eigenvalue weighted by molar-refractivity contribution is -0.121. The summed E-state index contributed by atoms with van der Waals surface area (Å²) in [7, 11) is 3.76. The summed E-state index contributed by atoms with van der Waals surface area (Å²) >= 11 is 0. The third-order valence-corrected chi connectivity index (χ3v) is 4.13. The summed E-state index contributed by atoms with van der Waals surface area (Å²) in [6.45, 7) is 2.63. The van der Waals surface area contributed by atoms with Gasteiger partial charge in [-0.15, -0.1) is 0 Å². The van der Waals surface area contributed by atoms with E-state index in [9.17, 15) is 4.79 Å². The molecular weight excluding hydrogens is 312 g/mol. The Bertz CT molecular complexity index is 626. The Labute approximate surface area is 150 Å². The van der Waals surface area contributed by atoms with Crippen molar-refractivity contribution >= 4 is 5.91 Å². The van der Waals surface area contributed by atoms with E-state index in [0.29, 0.717) is 6.42 Å². The highest BCUT2D eigenvalue weighted by atomic mass is 16.5. The molecule has 0 aromatic heterocycles. The second-order valence-electron chi connectivity index (χ2n) is 6.27. The number of methoxy groups -OCH3 is 1. The number of amides is 1. The molecule has 134 valence electrons. The Hall–Kier alpha value is -2.33. The normalized spacial score (nSPS) is 10.7. The van der Waals surface area contributed by atoms with Crippen molar-refractivity contribution < 1.29 is 9.53 Å². The van der Waals surface area contributed by atoms with E-state index in [1.165, 1.54) is 5.56 Å². The van der Waals surface area contributed by atoms with E-state index in [2.05, 4.69) is 41.5 Å². The third kappa shape index (κ3) is 7.40. The fourth-order valence-electron chi connectivity index (χ4n) is 2.69. The first-order valence-electron chi connectivity index (χ1n) is 8.79. The lowest BCUT2D eigenvalue weighted by Gasteiger charge is -2.16. The average Bonchev–Trinajstić information content (AvgIpc) is 2.65. The van der Waals surface area contributed by atoms with E-state index in [0.717, 1.165) is 43.8 Å². The first-order chi connectivity index (χ1) is 12.2. The molecule has 0 saturated carbocycles. The molecule has 1 N–H and O–H groups in total. The number of ether oxygens (including phenoxy) is 1. The number of rotatable bonds is 10. The van der Waals surface area contributed by atoms with E-state index in [-0.39, 0.29) is 5.91 Å². The van der Waals surface area contributed by atoms with Crippen LogP contribution < -0.4 is 10.1 Å². The number of benzene rings is 2. The highest BCUT2D eigenvalue weighted by Gasteiger charge is 2.04. The van der Waals surface area contributed by atoms with Gasteiger partial charge in [0.2, 0.25) is 5.91 Å². The summed E-state index contributed by atoms with van der Waals surface area (Å²) in [5, 5.41) is 3.00. The molecular formula is C21H28N2O2. The first kappa shape index (κ1) is 19.0. The number of nitrogens with one attached hydrogen (secondary N) is 1. The average molecular weight is 340 g/mol. The van der Waals surface area contributed by atoms with E-state index in [4.69, 9.17) is 4.74 Å². The molecule has 25 heavy (non-hydrogen) atoms. The van der Waals surface area contributed by atoms with Crippen molar-refractivity contribution in [3.8, 4) is 5.75 Å². The van der Waals surface area contributed by atoms with Crippen molar-refractivity contribution in [1.29, 1.82) is 0 Å². The molecule has 0 radical (unpaired) electrons. The summed E-state index contributed by atoms with van der Waals surface area (Å²) in [5.74, 6) is 0.953. The quantitative estimate of drug-likeness (QED) is 0.675. The van der Waals surface area contributed by atoms with Crippen LogP contribution in [0.3, 0.4) is 0 Å². The van der Waals surface area contributed by atoms with Gasteiger partial charge in [-0.2, -0.15) is 0 Å². The van der Waals surface area contributed by atoms with Crippen LogP contribution in [-0.4, -0.2) is 38.1 Å². The predicted molar refractivity (Wildman–Crippen MR) is 102 cm³/mol. The highest BCUT2D eigenvalue weighted by Crippen LogP contribution is 2.12. The standard InChI is InChI=1S/C21H28N2O2/c1-23(17-19-7-4-3-5-8-19)16-6-15-22-21(24)14-11-18-9-12-20(25-2)13-10-18/h3-5,7-10,12-13H,6,11,14-17H2,1-2H3,(H,22,24). The summed E-state index contributed by atoms with van der Waals surface area (Å²) in [5.41, 5.74) is 2.46. The maximum absolute atomic E-state index is 11.9. The first-order valence-corrected chi connectivity index (χ1v) is 8.79. The van der Waals surface area contributed by atoms with Crippen LogP contribution in [-0.2, 0) is 17.8 Å². The molecule has 0 aliphatic carbocycles. The number of hydrogen-bond donors (Lipinski definition) is 1. The zero-order valence-corrected chi connectivity index (χ0v) is 15.2. The van der Waals surface area contributed by atoms with E-state index < -0.39 is 0 Å². The second-order valence-corrected chi connectivity index (χ2v) is 6.27. The smallest absolute Gasteiger partial charge is 0.220 e. The van der Waals surface area contributed by atoms with Crippen LogP contribution in [0.15, 0.2) is 54.6 Å². The van der Waals surface area contributed by atoms with E-state index >= 15 is 0 Å². The molecule has 4 nitrogen and oxygen atoms in total. The third-order valence-electron chi connectivity index (χ3n) is 4.13. The molecule has 2 aromatic rings. The minimum atomic E-state index is 0.113. The number of nitrogens with zero attached hydrogens (tertiary/aromatic N) is 1. The van der Waals surface area contributed by atoms with Gasteiger partial charge >= 0.3 is 0 Å². The summed E-state index contributed by atoms with van der Waals surface area (Å²) in [4.78, 5) is 14.2. The molecule has 0 heterocycles. The molecule has 1 amide bonds. The van der Waals surface area contributed by atoms with Gasteiger partial charge in [0, 0.05) is 19.5 Å². The molecule has 0 fully saturated rings. The zero-order chi connectivity index (χ0) is 17.9. The summed E-state index contributed by atoms with van der Waals surface area (Å²) < 4.78 is 5.13. The summed E-state index contributed by atoms with van der Waals surface area (Å²) in [6.07, 6.45) is 2.23. The minimum absolute atomic E-state index is 0.113. The number of aryl methyl sites for hydroxylation is 1. The molecule has 0 atom stereocenters. The van der Waals surface area contributed by atoms with Crippen molar-refractivity contribution in [2.24, 2.45) is 0 Å². The Morgan fingerprint density at radius 3 is 2.44 bits per heavy atom. The Balaban J connectivity index is 1.57. The largest absolute Gasteiger partial charge is 0.497 e. The van der Waals surface area contributed by atoms with Crippen molar-refractivity contribution in [3.63, 3.8) is 0 Å². The van der Waals surface area contributed by atoms with Gasteiger partial charge in [0.1, 0.15) is 5.75 Å². The van der Waals surface area contributed by atoms with Crippen molar-refractivity contribution in [1.82, 2.24) is 10.2 Å². The zero-order valence-electron chi connectivity index (χ0n) is 15.2. The maximum Gasteiger partial charge on any atom is 0.220 e. The van der Waals surface area contributed by atoms with E-state index in [1.807, 2.05) is 30.3 Å². The lowest BCUT2D eigenvalue weighted by Crippen LogP contribution is -2.28. The van der Waals surface area contributed by atoms with Gasteiger partial charge in [0.15, 0.2) is 0 Å². The molecule has 0 spiro atoms. The van der Waals surface area contributed by atoms with Crippen molar-refractivity contribution in [2.45, 2.75) is 25.8 Å². The number of carbonyl (C=O) groups is 1. The van der Waals surface area contributed by atoms with Crippen LogP contribution in [0.2, 0.25) is 0 Å². The molecule has 0 saturated heterocycles. The molecule has 0 unspecified atom stereocenters. The monoisotopic (exact) mass is 340 g/mol. The van der Waals surface area contributed by atoms with Crippen LogP contribution in [0.4, 0.5) is 0 Å². The molecule has 2 aromatic carbocycles. The van der Waals surface area contributed by atoms with Crippen molar-refractivity contribution in [3.05, 3.63) is 65.7 Å². The van der Waals surface area contributed by atoms with Crippen LogP contribution >= 0.6 is 0 Å². The molecule has 0 bridgehead atoms. The van der Waals surface area contributed by atoms with E-state index in [1.54, 1.807) is 7.11 Å². The predicted octanol–water partition coefficient (Wildman–Crippen LogP) is 3.27. The Morgan fingerprint density at radius 1 is 1.04 bits per heavy atom. The van der Waals surface area contributed by atoms with Gasteiger partial charge in [-0.05, 0) is 49.7 Å². The lowest BCUT2D eigenvalue weighted by atomic mass is 10.1. The minimum Gasteiger partial charge on any atom is -0.497 e. The number of hydrogen-bond acceptors (Lipinski definition) is 3. The highest BCUT2D eigenvalue weighted by molar-refractivity contribution is 5.76. The second kappa shape index (κ2) is 10.5. The summed E-state index contributed by atoms with van der Waals surface area (Å²) in [6, 6.07) is 18.3. The maximum atomic E-state index is 11.9. The fraction of sp³-hybridized carbons (Fsp3) is 0.381. The van der Waals surface area contributed by atoms with Gasteiger partial charge in [-0.1, -0.05) is 42.5 Å². The van der Waals surface area contributed by atoms with Gasteiger partial charge in [-0.25, -0.2) is 0 Å². The van der Waals surface area contributed by atoms with Crippen LogP contribution in [0.5, 0.6) is 5.75 Å². The van der Waals surface area contributed by atoms with Crippen LogP contribution in [0, 0.1) is 0 Å².